The zero-order chi connectivity index (χ0) is 10.6. The maximum absolute atomic E-state index is 10.8. The molecule has 0 aliphatic carbocycles. The molecule has 6 heteroatoms. The Labute approximate surface area is 144 Å². The van der Waals surface area contributed by atoms with E-state index in [1.807, 2.05) is 0 Å². The number of aliphatic carboxylic acids is 1. The van der Waals surface area contributed by atoms with Crippen molar-refractivity contribution in [3.8, 4) is 0 Å². The van der Waals surface area contributed by atoms with Gasteiger partial charge >= 0.3 is 57.2 Å². The molecule has 0 aromatic heterocycles. The minimum atomic E-state index is -1.18. The van der Waals surface area contributed by atoms with Gasteiger partial charge in [-0.05, 0) is 12.0 Å². The Morgan fingerprint density at radius 3 is 2.18 bits per heavy atom. The summed E-state index contributed by atoms with van der Waals surface area (Å²) in [5, 5.41) is 19.8. The molecule has 0 bridgehead atoms. The monoisotopic (exact) mass is 434 g/mol. The molecule has 0 aliphatic rings. The van der Waals surface area contributed by atoms with E-state index in [4.69, 9.17) is 5.11 Å². The van der Waals surface area contributed by atoms with Gasteiger partial charge in [0.1, 0.15) is 0 Å². The number of aliphatic hydroxyl groups excluding tert-OH is 1. The minimum Gasteiger partial charge on any atom is -0.870 e. The van der Waals surface area contributed by atoms with Gasteiger partial charge in [-0.25, -0.2) is 0 Å². The van der Waals surface area contributed by atoms with Gasteiger partial charge in [-0.3, -0.25) is 0 Å². The van der Waals surface area contributed by atoms with E-state index < -0.39 is 18.0 Å². The predicted molar refractivity (Wildman–Crippen MR) is 52.1 cm³/mol. The SMILES string of the molecule is [CH2-]C(O)CC(C(=O)[O-])c1ccccc1.[Hg+2].[Na+].[OH-]. The maximum Gasteiger partial charge on any atom is 2.00 e. The van der Waals surface area contributed by atoms with Gasteiger partial charge in [-0.1, -0.05) is 36.4 Å². The summed E-state index contributed by atoms with van der Waals surface area (Å²) in [6, 6.07) is 8.70. The van der Waals surface area contributed by atoms with Crippen LogP contribution in [-0.4, -0.2) is 22.7 Å². The van der Waals surface area contributed by atoms with E-state index in [1.54, 1.807) is 30.3 Å². The van der Waals surface area contributed by atoms with Gasteiger partial charge in [0.2, 0.25) is 0 Å². The van der Waals surface area contributed by atoms with Gasteiger partial charge in [0.15, 0.2) is 0 Å². The van der Waals surface area contributed by atoms with E-state index in [9.17, 15) is 9.90 Å². The fourth-order valence-corrected chi connectivity index (χ4v) is 1.33. The first-order valence-electron chi connectivity index (χ1n) is 4.38. The number of carbonyl (C=O) groups excluding carboxylic acids is 1. The first kappa shape index (κ1) is 22.7. The van der Waals surface area contributed by atoms with Crippen LogP contribution in [0.2, 0.25) is 0 Å². The molecule has 17 heavy (non-hydrogen) atoms. The molecule has 1 aromatic rings. The van der Waals surface area contributed by atoms with Crippen LogP contribution in [0.5, 0.6) is 0 Å². The zero-order valence-corrected chi connectivity index (χ0v) is 17.4. The predicted octanol–water partition coefficient (Wildman–Crippen LogP) is -3.07. The van der Waals surface area contributed by atoms with Crippen LogP contribution in [0.3, 0.4) is 0 Å². The molecule has 0 aliphatic heterocycles. The van der Waals surface area contributed by atoms with Crippen LogP contribution in [0, 0.1) is 6.92 Å². The third kappa shape index (κ3) is 8.29. The van der Waals surface area contributed by atoms with Crippen molar-refractivity contribution in [3.05, 3.63) is 42.8 Å². The van der Waals surface area contributed by atoms with Crippen LogP contribution < -0.4 is 34.7 Å². The van der Waals surface area contributed by atoms with Gasteiger partial charge in [-0.2, -0.15) is 0 Å². The van der Waals surface area contributed by atoms with Crippen molar-refractivity contribution in [3.63, 3.8) is 0 Å². The maximum atomic E-state index is 10.8. The smallest absolute Gasteiger partial charge is 0.870 e. The Bertz CT molecular complexity index is 306. The summed E-state index contributed by atoms with van der Waals surface area (Å²) in [5.74, 6) is -1.97. The zero-order valence-electron chi connectivity index (χ0n) is 9.87. The van der Waals surface area contributed by atoms with Crippen molar-refractivity contribution in [1.29, 1.82) is 0 Å². The van der Waals surface area contributed by atoms with E-state index in [2.05, 4.69) is 6.92 Å². The second kappa shape index (κ2) is 11.6. The van der Waals surface area contributed by atoms with Crippen LogP contribution in [0.15, 0.2) is 30.3 Å². The number of carbonyl (C=O) groups is 1. The molecule has 0 heterocycles. The molecule has 0 saturated carbocycles. The second-order valence-corrected chi connectivity index (χ2v) is 3.17. The molecule has 2 unspecified atom stereocenters. The van der Waals surface area contributed by atoms with Crippen LogP contribution in [0.25, 0.3) is 0 Å². The molecular weight excluding hydrogens is 420 g/mol. The molecule has 1 rings (SSSR count). The minimum absolute atomic E-state index is 0. The number of aliphatic hydroxyl groups is 1. The summed E-state index contributed by atoms with van der Waals surface area (Å²) >= 11 is 0. The molecule has 84 valence electrons. The topological polar surface area (TPSA) is 90.4 Å². The van der Waals surface area contributed by atoms with Crippen molar-refractivity contribution in [1.82, 2.24) is 0 Å². The van der Waals surface area contributed by atoms with Gasteiger partial charge in [0.25, 0.3) is 0 Å². The molecule has 0 spiro atoms. The number of carboxylic acid groups (broad SMARTS) is 1. The van der Waals surface area contributed by atoms with E-state index in [0.717, 1.165) is 0 Å². The first-order chi connectivity index (χ1) is 6.61. The van der Waals surface area contributed by atoms with E-state index in [1.165, 1.54) is 0 Å². The largest absolute Gasteiger partial charge is 2.00 e. The number of benzene rings is 1. The summed E-state index contributed by atoms with van der Waals surface area (Å²) in [6.07, 6.45) is -0.815. The number of rotatable bonds is 4. The Kier molecular flexibility index (Phi) is 15.5. The molecule has 2 atom stereocenters. The quantitative estimate of drug-likeness (QED) is 0.404. The fourth-order valence-electron chi connectivity index (χ4n) is 1.33. The third-order valence-electron chi connectivity index (χ3n) is 1.99. The van der Waals surface area contributed by atoms with Crippen molar-refractivity contribution in [2.45, 2.75) is 18.4 Å². The number of hydrogen-bond donors (Lipinski definition) is 1. The number of carboxylic acids is 1. The Balaban J connectivity index is -0.000000653. The van der Waals surface area contributed by atoms with E-state index >= 15 is 0 Å². The molecule has 0 amide bonds. The fraction of sp³-hybridized carbons (Fsp3) is 0.273. The second-order valence-electron chi connectivity index (χ2n) is 3.17. The average molecular weight is 433 g/mol. The van der Waals surface area contributed by atoms with Gasteiger partial charge in [0.05, 0.1) is 0 Å². The molecule has 0 fully saturated rings. The number of hydrogen-bond acceptors (Lipinski definition) is 4. The van der Waals surface area contributed by atoms with Crippen LogP contribution in [0.1, 0.15) is 17.9 Å². The van der Waals surface area contributed by atoms with Crippen molar-refractivity contribution in [2.24, 2.45) is 0 Å². The molecule has 4 nitrogen and oxygen atoms in total. The molecule has 1 aromatic carbocycles. The molecule has 2 N–H and O–H groups in total. The molecule has 0 saturated heterocycles. The van der Waals surface area contributed by atoms with Crippen molar-refractivity contribution in [2.75, 3.05) is 0 Å². The molecular formula is C11H13HgNaO4. The van der Waals surface area contributed by atoms with Gasteiger partial charge in [0, 0.05) is 11.9 Å². The van der Waals surface area contributed by atoms with Crippen LogP contribution >= 0.6 is 0 Å². The van der Waals surface area contributed by atoms with Gasteiger partial charge in [-0.15, -0.1) is 0 Å². The van der Waals surface area contributed by atoms with E-state index in [-0.39, 0.29) is 69.1 Å². The Hall–Kier alpha value is 0.545. The third-order valence-corrected chi connectivity index (χ3v) is 1.99. The van der Waals surface area contributed by atoms with Crippen LogP contribution in [0.4, 0.5) is 0 Å². The molecule has 0 radical (unpaired) electrons. The normalized spacial score (nSPS) is 12.1. The average Bonchev–Trinajstić information content (AvgIpc) is 2.15. The standard InChI is InChI=1S/C11H13O3.Hg.Na.H2O/c1-8(12)7-10(11(13)14)9-5-3-2-4-6-9;;;/h2-6,8,10,12H,1,7H2,(H,13,14);;;1H2/q-1;+2;+1;/p-2. The Morgan fingerprint density at radius 2 is 1.82 bits per heavy atom. The Morgan fingerprint density at radius 1 is 1.35 bits per heavy atom. The summed E-state index contributed by atoms with van der Waals surface area (Å²) in [7, 11) is 0. The summed E-state index contributed by atoms with van der Waals surface area (Å²) < 4.78 is 0. The summed E-state index contributed by atoms with van der Waals surface area (Å²) in [5.41, 5.74) is 0.634. The van der Waals surface area contributed by atoms with Crippen LogP contribution in [-0.2, 0) is 32.5 Å². The van der Waals surface area contributed by atoms with Crippen molar-refractivity contribution >= 4 is 5.97 Å². The summed E-state index contributed by atoms with van der Waals surface area (Å²) in [4.78, 5) is 10.8. The van der Waals surface area contributed by atoms with Crippen molar-refractivity contribution < 1.29 is 77.7 Å². The first-order valence-corrected chi connectivity index (χ1v) is 4.38. The summed E-state index contributed by atoms with van der Waals surface area (Å²) in [6.45, 7) is 3.35. The van der Waals surface area contributed by atoms with Gasteiger partial charge < -0.3 is 27.4 Å². The van der Waals surface area contributed by atoms with E-state index in [0.29, 0.717) is 5.56 Å².